The molecule has 1 aromatic rings. The average Bonchev–Trinajstić information content (AvgIpc) is 2.17. The highest BCUT2D eigenvalue weighted by atomic mass is 35.5. The van der Waals surface area contributed by atoms with Crippen LogP contribution in [0.2, 0.25) is 0 Å². The maximum absolute atomic E-state index is 9.87. The van der Waals surface area contributed by atoms with Gasteiger partial charge in [-0.2, -0.15) is 0 Å². The van der Waals surface area contributed by atoms with Crippen molar-refractivity contribution in [1.29, 1.82) is 0 Å². The van der Waals surface area contributed by atoms with Crippen molar-refractivity contribution in [2.45, 2.75) is 26.3 Å². The van der Waals surface area contributed by atoms with Crippen molar-refractivity contribution in [2.24, 2.45) is 11.7 Å². The highest BCUT2D eigenvalue weighted by Gasteiger charge is 2.15. The van der Waals surface area contributed by atoms with Gasteiger partial charge in [0, 0.05) is 11.6 Å². The number of para-hydroxylation sites is 1. The van der Waals surface area contributed by atoms with Crippen LogP contribution in [0.5, 0.6) is 11.5 Å². The summed E-state index contributed by atoms with van der Waals surface area (Å²) in [5, 5.41) is 9.87. The summed E-state index contributed by atoms with van der Waals surface area (Å²) in [4.78, 5) is 0. The van der Waals surface area contributed by atoms with E-state index in [1.165, 1.54) is 7.11 Å². The lowest BCUT2D eigenvalue weighted by molar-refractivity contribution is 0.366. The molecule has 1 aromatic carbocycles. The topological polar surface area (TPSA) is 55.5 Å². The zero-order valence-corrected chi connectivity index (χ0v) is 10.8. The van der Waals surface area contributed by atoms with Crippen LogP contribution in [-0.4, -0.2) is 12.2 Å². The number of benzene rings is 1. The molecule has 3 N–H and O–H groups in total. The standard InChI is InChI=1S/C12H19NO2.ClH/c1-8(2)7-10(13)9-5-4-6-11(15-3)12(9)14;/h4-6,8,10,14H,7,13H2,1-3H3;1H/t10-;/m0./s1. The van der Waals surface area contributed by atoms with Gasteiger partial charge in [0.05, 0.1) is 7.11 Å². The molecule has 0 unspecified atom stereocenters. The molecule has 3 nitrogen and oxygen atoms in total. The summed E-state index contributed by atoms with van der Waals surface area (Å²) in [5.74, 6) is 1.14. The maximum Gasteiger partial charge on any atom is 0.162 e. The molecule has 0 bridgehead atoms. The van der Waals surface area contributed by atoms with Crippen molar-refractivity contribution in [3.8, 4) is 11.5 Å². The molecule has 0 fully saturated rings. The summed E-state index contributed by atoms with van der Waals surface area (Å²) in [5.41, 5.74) is 6.76. The van der Waals surface area contributed by atoms with Gasteiger partial charge >= 0.3 is 0 Å². The number of ether oxygens (including phenoxy) is 1. The second-order valence-corrected chi connectivity index (χ2v) is 4.13. The largest absolute Gasteiger partial charge is 0.504 e. The molecule has 0 aliphatic heterocycles. The molecule has 1 atom stereocenters. The highest BCUT2D eigenvalue weighted by molar-refractivity contribution is 5.85. The third kappa shape index (κ3) is 3.58. The number of methoxy groups -OCH3 is 1. The van der Waals surface area contributed by atoms with Gasteiger partial charge in [0.15, 0.2) is 11.5 Å². The number of phenolic OH excluding ortho intramolecular Hbond substituents is 1. The van der Waals surface area contributed by atoms with Gasteiger partial charge in [-0.25, -0.2) is 0 Å². The first-order valence-electron chi connectivity index (χ1n) is 5.17. The first kappa shape index (κ1) is 15.1. The lowest BCUT2D eigenvalue weighted by Crippen LogP contribution is -2.13. The summed E-state index contributed by atoms with van der Waals surface area (Å²) in [6, 6.07) is 5.26. The van der Waals surface area contributed by atoms with Gasteiger partial charge in [-0.15, -0.1) is 12.4 Å². The van der Waals surface area contributed by atoms with E-state index in [4.69, 9.17) is 10.5 Å². The lowest BCUT2D eigenvalue weighted by atomic mass is 9.97. The van der Waals surface area contributed by atoms with Gasteiger partial charge in [-0.1, -0.05) is 26.0 Å². The molecule has 16 heavy (non-hydrogen) atoms. The van der Waals surface area contributed by atoms with E-state index in [0.29, 0.717) is 11.7 Å². The van der Waals surface area contributed by atoms with Gasteiger partial charge in [-0.3, -0.25) is 0 Å². The van der Waals surface area contributed by atoms with Gasteiger partial charge in [0.2, 0.25) is 0 Å². The Balaban J connectivity index is 0.00000225. The molecule has 1 rings (SSSR count). The Morgan fingerprint density at radius 3 is 2.50 bits per heavy atom. The number of nitrogens with two attached hydrogens (primary N) is 1. The molecule has 0 amide bonds. The van der Waals surface area contributed by atoms with E-state index in [-0.39, 0.29) is 24.2 Å². The number of rotatable bonds is 4. The molecule has 0 saturated heterocycles. The summed E-state index contributed by atoms with van der Waals surface area (Å²) in [7, 11) is 1.53. The number of hydrogen-bond acceptors (Lipinski definition) is 3. The SMILES string of the molecule is COc1cccc([C@@H](N)CC(C)C)c1O.Cl. The normalized spacial score (nSPS) is 12.1. The van der Waals surface area contributed by atoms with Gasteiger partial charge in [-0.05, 0) is 18.4 Å². The second-order valence-electron chi connectivity index (χ2n) is 4.13. The zero-order valence-electron chi connectivity index (χ0n) is 9.93. The first-order chi connectivity index (χ1) is 7.06. The minimum Gasteiger partial charge on any atom is -0.504 e. The fourth-order valence-electron chi connectivity index (χ4n) is 1.64. The molecule has 0 saturated carbocycles. The van der Waals surface area contributed by atoms with Crippen LogP contribution < -0.4 is 10.5 Å². The zero-order chi connectivity index (χ0) is 11.4. The molecule has 0 spiro atoms. The minimum atomic E-state index is -0.139. The summed E-state index contributed by atoms with van der Waals surface area (Å²) in [6.45, 7) is 4.22. The quantitative estimate of drug-likeness (QED) is 0.858. The predicted molar refractivity (Wildman–Crippen MR) is 68.3 cm³/mol. The fourth-order valence-corrected chi connectivity index (χ4v) is 1.64. The van der Waals surface area contributed by atoms with Crippen molar-refractivity contribution >= 4 is 12.4 Å². The van der Waals surface area contributed by atoms with Gasteiger partial charge in [0.25, 0.3) is 0 Å². The predicted octanol–water partition coefficient (Wildman–Crippen LogP) is 2.87. The third-order valence-corrected chi connectivity index (χ3v) is 2.37. The van der Waals surface area contributed by atoms with Crippen molar-refractivity contribution in [2.75, 3.05) is 7.11 Å². The Morgan fingerprint density at radius 2 is 2.00 bits per heavy atom. The Morgan fingerprint density at radius 1 is 1.38 bits per heavy atom. The Hall–Kier alpha value is -0.930. The highest BCUT2D eigenvalue weighted by Crippen LogP contribution is 2.34. The van der Waals surface area contributed by atoms with E-state index in [0.717, 1.165) is 12.0 Å². The molecular formula is C12H20ClNO2. The monoisotopic (exact) mass is 245 g/mol. The molecular weight excluding hydrogens is 226 g/mol. The molecule has 4 heteroatoms. The van der Waals surface area contributed by atoms with E-state index < -0.39 is 0 Å². The van der Waals surface area contributed by atoms with Crippen LogP contribution in [0.4, 0.5) is 0 Å². The van der Waals surface area contributed by atoms with Crippen molar-refractivity contribution in [3.63, 3.8) is 0 Å². The van der Waals surface area contributed by atoms with Crippen LogP contribution in [-0.2, 0) is 0 Å². The van der Waals surface area contributed by atoms with Crippen LogP contribution >= 0.6 is 12.4 Å². The van der Waals surface area contributed by atoms with E-state index >= 15 is 0 Å². The van der Waals surface area contributed by atoms with E-state index in [1.54, 1.807) is 6.07 Å². The smallest absolute Gasteiger partial charge is 0.162 e. The van der Waals surface area contributed by atoms with E-state index in [2.05, 4.69) is 13.8 Å². The third-order valence-electron chi connectivity index (χ3n) is 2.37. The van der Waals surface area contributed by atoms with Crippen molar-refractivity contribution in [1.82, 2.24) is 0 Å². The second kappa shape index (κ2) is 6.61. The maximum atomic E-state index is 9.87. The molecule has 92 valence electrons. The molecule has 0 radical (unpaired) electrons. The van der Waals surface area contributed by atoms with Gasteiger partial charge < -0.3 is 15.6 Å². The van der Waals surface area contributed by atoms with Crippen LogP contribution in [0.3, 0.4) is 0 Å². The molecule has 0 aromatic heterocycles. The Kier molecular flexibility index (Phi) is 6.22. The number of halogens is 1. The van der Waals surface area contributed by atoms with E-state index in [1.807, 2.05) is 12.1 Å². The van der Waals surface area contributed by atoms with Crippen LogP contribution in [0.1, 0.15) is 31.9 Å². The molecule has 0 aliphatic carbocycles. The Bertz CT molecular complexity index is 329. The van der Waals surface area contributed by atoms with Crippen molar-refractivity contribution < 1.29 is 9.84 Å². The minimum absolute atomic E-state index is 0. The number of hydrogen-bond donors (Lipinski definition) is 2. The summed E-state index contributed by atoms with van der Waals surface area (Å²) < 4.78 is 5.04. The first-order valence-corrected chi connectivity index (χ1v) is 5.17. The van der Waals surface area contributed by atoms with Crippen molar-refractivity contribution in [3.05, 3.63) is 23.8 Å². The van der Waals surface area contributed by atoms with Crippen LogP contribution in [0.15, 0.2) is 18.2 Å². The Labute approximate surface area is 103 Å². The van der Waals surface area contributed by atoms with Crippen LogP contribution in [0, 0.1) is 5.92 Å². The summed E-state index contributed by atoms with van der Waals surface area (Å²) >= 11 is 0. The fraction of sp³-hybridized carbons (Fsp3) is 0.500. The average molecular weight is 246 g/mol. The lowest BCUT2D eigenvalue weighted by Gasteiger charge is -2.17. The number of aromatic hydroxyl groups is 1. The van der Waals surface area contributed by atoms with Gasteiger partial charge in [0.1, 0.15) is 0 Å². The summed E-state index contributed by atoms with van der Waals surface area (Å²) in [6.07, 6.45) is 0.848. The molecule has 0 aliphatic rings. The number of phenols is 1. The molecule has 0 heterocycles. The van der Waals surface area contributed by atoms with E-state index in [9.17, 15) is 5.11 Å². The van der Waals surface area contributed by atoms with Crippen LogP contribution in [0.25, 0.3) is 0 Å².